The second-order valence-corrected chi connectivity index (χ2v) is 5.66. The van der Waals surface area contributed by atoms with Gasteiger partial charge in [0.2, 0.25) is 0 Å². The minimum atomic E-state index is -4.14. The molecule has 0 bridgehead atoms. The van der Waals surface area contributed by atoms with Gasteiger partial charge in [0.15, 0.2) is 0 Å². The standard InChI is InChI=1S/C11H7ClF2N2O2S/c12-10-1-2-15-6-11(10)16-19(17,18)9-4-7(13)3-8(14)5-9/h1-6,16H. The molecule has 0 aliphatic carbocycles. The van der Waals surface area contributed by atoms with Gasteiger partial charge in [-0.2, -0.15) is 0 Å². The molecule has 0 aliphatic heterocycles. The van der Waals surface area contributed by atoms with Crippen molar-refractivity contribution in [2.75, 3.05) is 4.72 Å². The fourth-order valence-corrected chi connectivity index (χ4v) is 2.65. The molecular weight excluding hydrogens is 298 g/mol. The Bertz CT molecular complexity index is 702. The average molecular weight is 305 g/mol. The first-order valence-electron chi connectivity index (χ1n) is 4.97. The van der Waals surface area contributed by atoms with Crippen LogP contribution in [0.2, 0.25) is 5.02 Å². The highest BCUT2D eigenvalue weighted by molar-refractivity contribution is 7.92. The minimum Gasteiger partial charge on any atom is -0.277 e. The summed E-state index contributed by atoms with van der Waals surface area (Å²) in [5, 5.41) is 0.121. The maximum Gasteiger partial charge on any atom is 0.262 e. The molecule has 0 atom stereocenters. The van der Waals surface area contributed by atoms with Crippen molar-refractivity contribution in [3.63, 3.8) is 0 Å². The molecule has 0 aliphatic rings. The number of nitrogens with one attached hydrogen (secondary N) is 1. The number of pyridine rings is 1. The highest BCUT2D eigenvalue weighted by Crippen LogP contribution is 2.23. The second-order valence-electron chi connectivity index (χ2n) is 3.57. The highest BCUT2D eigenvalue weighted by Gasteiger charge is 2.17. The van der Waals surface area contributed by atoms with Crippen molar-refractivity contribution < 1.29 is 17.2 Å². The molecule has 0 saturated carbocycles. The number of anilines is 1. The van der Waals surface area contributed by atoms with Crippen molar-refractivity contribution in [1.82, 2.24) is 4.98 Å². The van der Waals surface area contributed by atoms with E-state index in [1.807, 2.05) is 0 Å². The molecule has 0 unspecified atom stereocenters. The molecule has 0 amide bonds. The van der Waals surface area contributed by atoms with Crippen LogP contribution in [0.15, 0.2) is 41.6 Å². The molecule has 1 aromatic heterocycles. The monoisotopic (exact) mass is 304 g/mol. The zero-order valence-electron chi connectivity index (χ0n) is 9.27. The van der Waals surface area contributed by atoms with E-state index in [1.54, 1.807) is 0 Å². The normalized spacial score (nSPS) is 11.3. The van der Waals surface area contributed by atoms with Crippen LogP contribution in [0.25, 0.3) is 0 Å². The molecule has 8 heteroatoms. The van der Waals surface area contributed by atoms with Gasteiger partial charge in [-0.25, -0.2) is 17.2 Å². The molecular formula is C11H7ClF2N2O2S. The van der Waals surface area contributed by atoms with Crippen molar-refractivity contribution >= 4 is 27.3 Å². The van der Waals surface area contributed by atoms with E-state index in [0.29, 0.717) is 18.2 Å². The second kappa shape index (κ2) is 5.10. The molecule has 1 aromatic carbocycles. The third kappa shape index (κ3) is 3.18. The first-order chi connectivity index (χ1) is 8.88. The Balaban J connectivity index is 2.41. The largest absolute Gasteiger partial charge is 0.277 e. The van der Waals surface area contributed by atoms with Crippen LogP contribution in [-0.4, -0.2) is 13.4 Å². The van der Waals surface area contributed by atoms with Gasteiger partial charge >= 0.3 is 0 Å². The fraction of sp³-hybridized carbons (Fsp3) is 0. The third-order valence-electron chi connectivity index (χ3n) is 2.16. The van der Waals surface area contributed by atoms with Crippen molar-refractivity contribution in [2.24, 2.45) is 0 Å². The summed E-state index contributed by atoms with van der Waals surface area (Å²) in [7, 11) is -4.14. The van der Waals surface area contributed by atoms with Crippen molar-refractivity contribution in [1.29, 1.82) is 0 Å². The molecule has 0 fully saturated rings. The van der Waals surface area contributed by atoms with E-state index in [1.165, 1.54) is 18.5 Å². The van der Waals surface area contributed by atoms with E-state index >= 15 is 0 Å². The Morgan fingerprint density at radius 3 is 2.37 bits per heavy atom. The van der Waals surface area contributed by atoms with Gasteiger partial charge in [-0.15, -0.1) is 0 Å². The third-order valence-corrected chi connectivity index (χ3v) is 3.83. The van der Waals surface area contributed by atoms with E-state index in [9.17, 15) is 17.2 Å². The minimum absolute atomic E-state index is 0.0221. The molecule has 0 spiro atoms. The molecule has 0 radical (unpaired) electrons. The number of halogens is 3. The quantitative estimate of drug-likeness (QED) is 0.948. The van der Waals surface area contributed by atoms with Crippen LogP contribution in [0, 0.1) is 11.6 Å². The molecule has 4 nitrogen and oxygen atoms in total. The summed E-state index contributed by atoms with van der Waals surface area (Å²) in [5.74, 6) is -1.98. The summed E-state index contributed by atoms with van der Waals surface area (Å²) >= 11 is 5.77. The average Bonchev–Trinajstić information content (AvgIpc) is 2.31. The lowest BCUT2D eigenvalue weighted by atomic mass is 10.3. The summed E-state index contributed by atoms with van der Waals surface area (Å²) in [6.45, 7) is 0. The number of nitrogens with zero attached hydrogens (tertiary/aromatic N) is 1. The summed E-state index contributed by atoms with van der Waals surface area (Å²) in [6.07, 6.45) is 2.57. The lowest BCUT2D eigenvalue weighted by Crippen LogP contribution is -2.14. The molecule has 0 saturated heterocycles. The summed E-state index contributed by atoms with van der Waals surface area (Å²) in [6, 6.07) is 3.37. The fourth-order valence-electron chi connectivity index (χ4n) is 1.34. The maximum absolute atomic E-state index is 13.0. The van der Waals surface area contributed by atoms with Gasteiger partial charge in [0.05, 0.1) is 21.8 Å². The van der Waals surface area contributed by atoms with Crippen LogP contribution >= 0.6 is 11.6 Å². The van der Waals surface area contributed by atoms with Gasteiger partial charge in [-0.05, 0) is 18.2 Å². The summed E-state index contributed by atoms with van der Waals surface area (Å²) in [5.41, 5.74) is 0.0221. The first-order valence-corrected chi connectivity index (χ1v) is 6.83. The van der Waals surface area contributed by atoms with Crippen molar-refractivity contribution in [3.8, 4) is 0 Å². The molecule has 2 aromatic rings. The number of aromatic nitrogens is 1. The van der Waals surface area contributed by atoms with E-state index in [0.717, 1.165) is 0 Å². The van der Waals surface area contributed by atoms with E-state index in [2.05, 4.69) is 9.71 Å². The van der Waals surface area contributed by atoms with Gasteiger partial charge < -0.3 is 0 Å². The molecule has 2 rings (SSSR count). The Morgan fingerprint density at radius 1 is 1.16 bits per heavy atom. The highest BCUT2D eigenvalue weighted by atomic mass is 35.5. The van der Waals surface area contributed by atoms with Crippen LogP contribution in [0.3, 0.4) is 0 Å². The first kappa shape index (κ1) is 13.7. The van der Waals surface area contributed by atoms with Crippen molar-refractivity contribution in [2.45, 2.75) is 4.90 Å². The Labute approximate surface area is 113 Å². The van der Waals surface area contributed by atoms with Gasteiger partial charge in [-0.3, -0.25) is 9.71 Å². The van der Waals surface area contributed by atoms with E-state index < -0.39 is 26.6 Å². The molecule has 100 valence electrons. The molecule has 19 heavy (non-hydrogen) atoms. The number of hydrogen-bond acceptors (Lipinski definition) is 3. The Hall–Kier alpha value is -1.73. The van der Waals surface area contributed by atoms with E-state index in [4.69, 9.17) is 11.6 Å². The lowest BCUT2D eigenvalue weighted by molar-refractivity contribution is 0.568. The summed E-state index contributed by atoms with van der Waals surface area (Å²) in [4.78, 5) is 3.16. The van der Waals surface area contributed by atoms with Crippen LogP contribution in [-0.2, 0) is 10.0 Å². The van der Waals surface area contributed by atoms with Gasteiger partial charge in [0.25, 0.3) is 10.0 Å². The van der Waals surface area contributed by atoms with Crippen LogP contribution in [0.5, 0.6) is 0 Å². The lowest BCUT2D eigenvalue weighted by Gasteiger charge is -2.09. The van der Waals surface area contributed by atoms with Crippen LogP contribution in [0.4, 0.5) is 14.5 Å². The number of rotatable bonds is 3. The molecule has 1 heterocycles. The Morgan fingerprint density at radius 2 is 1.79 bits per heavy atom. The number of benzene rings is 1. The van der Waals surface area contributed by atoms with E-state index in [-0.39, 0.29) is 10.7 Å². The van der Waals surface area contributed by atoms with Crippen molar-refractivity contribution in [3.05, 3.63) is 53.3 Å². The zero-order chi connectivity index (χ0) is 14.0. The topological polar surface area (TPSA) is 59.1 Å². The van der Waals surface area contributed by atoms with Crippen LogP contribution < -0.4 is 4.72 Å². The summed E-state index contributed by atoms with van der Waals surface area (Å²) < 4.78 is 52.0. The predicted molar refractivity (Wildman–Crippen MR) is 66.4 cm³/mol. The van der Waals surface area contributed by atoms with Gasteiger partial charge in [0.1, 0.15) is 11.6 Å². The SMILES string of the molecule is O=S(=O)(Nc1cnccc1Cl)c1cc(F)cc(F)c1. The van der Waals surface area contributed by atoms with Gasteiger partial charge in [0, 0.05) is 12.3 Å². The number of hydrogen-bond donors (Lipinski definition) is 1. The van der Waals surface area contributed by atoms with Crippen LogP contribution in [0.1, 0.15) is 0 Å². The predicted octanol–water partition coefficient (Wildman–Crippen LogP) is 2.81. The van der Waals surface area contributed by atoms with Gasteiger partial charge in [-0.1, -0.05) is 11.6 Å². The molecule has 1 N–H and O–H groups in total. The zero-order valence-corrected chi connectivity index (χ0v) is 10.8. The smallest absolute Gasteiger partial charge is 0.262 e. The Kier molecular flexibility index (Phi) is 3.68. The number of sulfonamides is 1. The maximum atomic E-state index is 13.0.